The second-order valence-corrected chi connectivity index (χ2v) is 8.60. The molecular weight excluding hydrogens is 448 g/mol. The molecule has 2 heterocycles. The van der Waals surface area contributed by atoms with Gasteiger partial charge >= 0.3 is 0 Å². The van der Waals surface area contributed by atoms with E-state index in [0.717, 1.165) is 21.3 Å². The Hall–Kier alpha value is -4.30. The van der Waals surface area contributed by atoms with Gasteiger partial charge in [0.15, 0.2) is 5.13 Å². The summed E-state index contributed by atoms with van der Waals surface area (Å²) in [5.74, 6) is 0.168. The molecule has 0 saturated carbocycles. The lowest BCUT2D eigenvalue weighted by molar-refractivity contribution is 0.102. The predicted octanol–water partition coefficient (Wildman–Crippen LogP) is 4.98. The van der Waals surface area contributed by atoms with Crippen molar-refractivity contribution in [2.24, 2.45) is 7.05 Å². The standard InChI is InChI=1S/C26H20N4O3S/c1-30-25(32)22(24(31)28-26-27-19-14-13-18(33-2)15-20(19)34-26)21(16-9-5-3-6-10-16)23(29-30)17-11-7-4-8-12-17/h3-15H,1-2H3,(H,27,28,31). The van der Waals surface area contributed by atoms with E-state index in [1.54, 1.807) is 14.2 Å². The van der Waals surface area contributed by atoms with Crippen molar-refractivity contribution in [1.29, 1.82) is 0 Å². The molecule has 0 fully saturated rings. The Morgan fingerprint density at radius 3 is 2.32 bits per heavy atom. The molecule has 0 aliphatic carbocycles. The Bertz CT molecular complexity index is 1560. The molecule has 1 amide bonds. The lowest BCUT2D eigenvalue weighted by Gasteiger charge is -2.15. The number of nitrogens with one attached hydrogen (secondary N) is 1. The fourth-order valence-corrected chi connectivity index (χ4v) is 4.66. The number of aromatic nitrogens is 3. The van der Waals surface area contributed by atoms with Crippen LogP contribution in [0.15, 0.2) is 83.7 Å². The Kier molecular flexibility index (Phi) is 5.65. The summed E-state index contributed by atoms with van der Waals surface area (Å²) >= 11 is 1.31. The second kappa shape index (κ2) is 8.92. The number of anilines is 1. The first-order valence-corrected chi connectivity index (χ1v) is 11.3. The van der Waals surface area contributed by atoms with E-state index in [0.29, 0.717) is 22.1 Å². The average molecular weight is 469 g/mol. The van der Waals surface area contributed by atoms with Crippen molar-refractivity contribution in [2.75, 3.05) is 12.4 Å². The fourth-order valence-electron chi connectivity index (χ4n) is 3.77. The van der Waals surface area contributed by atoms with E-state index in [9.17, 15) is 9.59 Å². The SMILES string of the molecule is COc1ccc2nc(NC(=O)c3c(-c4ccccc4)c(-c4ccccc4)nn(C)c3=O)sc2c1. The first-order chi connectivity index (χ1) is 16.5. The summed E-state index contributed by atoms with van der Waals surface area (Å²) in [6.07, 6.45) is 0. The van der Waals surface area contributed by atoms with Gasteiger partial charge in [-0.3, -0.25) is 14.9 Å². The number of carbonyl (C=O) groups excluding carboxylic acids is 1. The van der Waals surface area contributed by atoms with Crippen molar-refractivity contribution < 1.29 is 9.53 Å². The maximum atomic E-state index is 13.6. The number of nitrogens with zero attached hydrogens (tertiary/aromatic N) is 3. The maximum Gasteiger partial charge on any atom is 0.280 e. The van der Waals surface area contributed by atoms with Crippen LogP contribution in [0.1, 0.15) is 10.4 Å². The van der Waals surface area contributed by atoms with Gasteiger partial charge in [-0.05, 0) is 23.8 Å². The first-order valence-electron chi connectivity index (χ1n) is 10.5. The smallest absolute Gasteiger partial charge is 0.280 e. The molecule has 3 aromatic carbocycles. The van der Waals surface area contributed by atoms with Crippen molar-refractivity contribution in [3.8, 4) is 28.1 Å². The third-order valence-electron chi connectivity index (χ3n) is 5.40. The number of ether oxygens (including phenoxy) is 1. The van der Waals surface area contributed by atoms with E-state index in [4.69, 9.17) is 4.74 Å². The van der Waals surface area contributed by atoms with Gasteiger partial charge in [0.2, 0.25) is 0 Å². The summed E-state index contributed by atoms with van der Waals surface area (Å²) < 4.78 is 7.34. The molecule has 0 aliphatic rings. The summed E-state index contributed by atoms with van der Waals surface area (Å²) in [5.41, 5.74) is 2.82. The summed E-state index contributed by atoms with van der Waals surface area (Å²) in [5, 5.41) is 7.74. The first kappa shape index (κ1) is 21.5. The van der Waals surface area contributed by atoms with Gasteiger partial charge in [0.1, 0.15) is 11.3 Å². The fraction of sp³-hybridized carbons (Fsp3) is 0.0769. The monoisotopic (exact) mass is 468 g/mol. The Morgan fingerprint density at radius 2 is 1.65 bits per heavy atom. The molecule has 0 saturated heterocycles. The number of hydrogen-bond acceptors (Lipinski definition) is 6. The van der Waals surface area contributed by atoms with Gasteiger partial charge in [-0.15, -0.1) is 0 Å². The van der Waals surface area contributed by atoms with Crippen LogP contribution in [0.25, 0.3) is 32.6 Å². The molecule has 0 unspecified atom stereocenters. The van der Waals surface area contributed by atoms with Crippen LogP contribution in [0, 0.1) is 0 Å². The third-order valence-corrected chi connectivity index (χ3v) is 6.33. The van der Waals surface area contributed by atoms with Crippen molar-refractivity contribution in [3.05, 3.63) is 94.8 Å². The van der Waals surface area contributed by atoms with Gasteiger partial charge in [-0.2, -0.15) is 5.10 Å². The number of methoxy groups -OCH3 is 1. The molecule has 7 nitrogen and oxygen atoms in total. The van der Waals surface area contributed by atoms with Crippen LogP contribution >= 0.6 is 11.3 Å². The quantitative estimate of drug-likeness (QED) is 0.393. The number of hydrogen-bond donors (Lipinski definition) is 1. The van der Waals surface area contributed by atoms with Gasteiger partial charge in [0.25, 0.3) is 11.5 Å². The number of amides is 1. The number of aryl methyl sites for hydroxylation is 1. The number of thiazole rings is 1. The van der Waals surface area contributed by atoms with Gasteiger partial charge in [0.05, 0.1) is 23.0 Å². The molecule has 1 N–H and O–H groups in total. The van der Waals surface area contributed by atoms with Crippen LogP contribution in [-0.4, -0.2) is 27.8 Å². The molecule has 34 heavy (non-hydrogen) atoms. The van der Waals surface area contributed by atoms with E-state index in [1.807, 2.05) is 78.9 Å². The molecule has 5 aromatic rings. The minimum atomic E-state index is -0.537. The number of benzene rings is 3. The molecule has 2 aromatic heterocycles. The molecule has 0 atom stereocenters. The normalized spacial score (nSPS) is 10.9. The lowest BCUT2D eigenvalue weighted by atomic mass is 9.95. The van der Waals surface area contributed by atoms with Crippen molar-refractivity contribution in [2.45, 2.75) is 0 Å². The zero-order valence-electron chi connectivity index (χ0n) is 18.5. The van der Waals surface area contributed by atoms with Crippen LogP contribution in [0.4, 0.5) is 5.13 Å². The van der Waals surface area contributed by atoms with Crippen LogP contribution in [0.5, 0.6) is 5.75 Å². The van der Waals surface area contributed by atoms with Gasteiger partial charge in [0, 0.05) is 18.2 Å². The van der Waals surface area contributed by atoms with Crippen LogP contribution in [0.3, 0.4) is 0 Å². The van der Waals surface area contributed by atoms with E-state index in [-0.39, 0.29) is 5.56 Å². The second-order valence-electron chi connectivity index (χ2n) is 7.57. The molecular formula is C26H20N4O3S. The zero-order chi connectivity index (χ0) is 23.7. The molecule has 8 heteroatoms. The number of rotatable bonds is 5. The summed E-state index contributed by atoms with van der Waals surface area (Å²) in [7, 11) is 3.14. The zero-order valence-corrected chi connectivity index (χ0v) is 19.3. The minimum absolute atomic E-state index is 0.0133. The van der Waals surface area contributed by atoms with E-state index in [1.165, 1.54) is 16.0 Å². The molecule has 0 spiro atoms. The largest absolute Gasteiger partial charge is 0.497 e. The van der Waals surface area contributed by atoms with Crippen LogP contribution in [0.2, 0.25) is 0 Å². The average Bonchev–Trinajstić information content (AvgIpc) is 3.27. The predicted molar refractivity (Wildman–Crippen MR) is 134 cm³/mol. The highest BCUT2D eigenvalue weighted by molar-refractivity contribution is 7.22. The number of carbonyl (C=O) groups is 1. The highest BCUT2D eigenvalue weighted by atomic mass is 32.1. The number of fused-ring (bicyclic) bond motifs is 1. The molecule has 0 aliphatic heterocycles. The Morgan fingerprint density at radius 1 is 0.971 bits per heavy atom. The van der Waals surface area contributed by atoms with E-state index >= 15 is 0 Å². The van der Waals surface area contributed by atoms with Crippen molar-refractivity contribution >= 4 is 32.6 Å². The minimum Gasteiger partial charge on any atom is -0.497 e. The topological polar surface area (TPSA) is 86.1 Å². The van der Waals surface area contributed by atoms with Crippen LogP contribution < -0.4 is 15.6 Å². The Labute approximate surface area is 199 Å². The van der Waals surface area contributed by atoms with E-state index in [2.05, 4.69) is 15.4 Å². The van der Waals surface area contributed by atoms with Gasteiger partial charge in [-0.1, -0.05) is 72.0 Å². The molecule has 0 radical (unpaired) electrons. The highest BCUT2D eigenvalue weighted by Crippen LogP contribution is 2.33. The maximum absolute atomic E-state index is 13.6. The van der Waals surface area contributed by atoms with Crippen molar-refractivity contribution in [1.82, 2.24) is 14.8 Å². The van der Waals surface area contributed by atoms with Crippen LogP contribution in [-0.2, 0) is 7.05 Å². The Balaban J connectivity index is 1.66. The molecule has 5 rings (SSSR count). The summed E-state index contributed by atoms with van der Waals surface area (Å²) in [6.45, 7) is 0. The third kappa shape index (κ3) is 3.95. The lowest BCUT2D eigenvalue weighted by Crippen LogP contribution is -2.31. The summed E-state index contributed by atoms with van der Waals surface area (Å²) in [4.78, 5) is 31.3. The molecule has 168 valence electrons. The highest BCUT2D eigenvalue weighted by Gasteiger charge is 2.25. The van der Waals surface area contributed by atoms with Gasteiger partial charge in [-0.25, -0.2) is 9.67 Å². The van der Waals surface area contributed by atoms with Crippen molar-refractivity contribution in [3.63, 3.8) is 0 Å². The van der Waals surface area contributed by atoms with Gasteiger partial charge < -0.3 is 4.74 Å². The summed E-state index contributed by atoms with van der Waals surface area (Å²) in [6, 6.07) is 24.3. The van der Waals surface area contributed by atoms with E-state index < -0.39 is 11.5 Å². The molecule has 0 bridgehead atoms.